The summed E-state index contributed by atoms with van der Waals surface area (Å²) in [5, 5.41) is 7.06. The lowest BCUT2D eigenvalue weighted by atomic mass is 10.4. The van der Waals surface area contributed by atoms with Gasteiger partial charge in [-0.15, -0.1) is 0 Å². The zero-order valence-corrected chi connectivity index (χ0v) is 11.0. The van der Waals surface area contributed by atoms with Crippen LogP contribution in [0.25, 0.3) is 5.95 Å². The molecule has 0 aromatic carbocycles. The second-order valence-electron chi connectivity index (χ2n) is 4.24. The van der Waals surface area contributed by atoms with E-state index in [-0.39, 0.29) is 5.95 Å². The summed E-state index contributed by atoms with van der Waals surface area (Å²) >= 11 is 0. The van der Waals surface area contributed by atoms with Crippen LogP contribution in [0, 0.1) is 0 Å². The van der Waals surface area contributed by atoms with Crippen LogP contribution in [0.2, 0.25) is 0 Å². The molecule has 3 N–H and O–H groups in total. The van der Waals surface area contributed by atoms with Crippen molar-refractivity contribution < 1.29 is 0 Å². The van der Waals surface area contributed by atoms with Gasteiger partial charge in [0.1, 0.15) is 12.7 Å². The van der Waals surface area contributed by atoms with E-state index in [4.69, 9.17) is 5.73 Å². The standard InChI is InChI=1S/C10H17N9/c1-18(2)5-3-4-13-9-15-8(11)16-10(17-9)19-7-12-6-14-19/h6-7H,3-5H2,1-2H3,(H3,11,13,15,16,17). The Morgan fingerprint density at radius 2 is 2.16 bits per heavy atom. The van der Waals surface area contributed by atoms with Crippen LogP contribution in [0.3, 0.4) is 0 Å². The summed E-state index contributed by atoms with van der Waals surface area (Å²) in [5.41, 5.74) is 5.65. The summed E-state index contributed by atoms with van der Waals surface area (Å²) in [7, 11) is 4.06. The smallest absolute Gasteiger partial charge is 0.258 e. The molecule has 0 atom stereocenters. The van der Waals surface area contributed by atoms with Gasteiger partial charge in [-0.1, -0.05) is 0 Å². The van der Waals surface area contributed by atoms with Crippen LogP contribution in [0.1, 0.15) is 6.42 Å². The summed E-state index contributed by atoms with van der Waals surface area (Å²) in [6, 6.07) is 0. The van der Waals surface area contributed by atoms with Gasteiger partial charge in [-0.05, 0) is 27.1 Å². The molecule has 0 aliphatic rings. The third-order valence-electron chi connectivity index (χ3n) is 2.33. The number of nitrogens with two attached hydrogens (primary N) is 1. The first-order valence-corrected chi connectivity index (χ1v) is 5.90. The van der Waals surface area contributed by atoms with Gasteiger partial charge in [-0.2, -0.15) is 24.7 Å². The Balaban J connectivity index is 2.01. The van der Waals surface area contributed by atoms with Gasteiger partial charge >= 0.3 is 0 Å². The number of anilines is 2. The molecule has 102 valence electrons. The molecule has 0 aliphatic carbocycles. The lowest BCUT2D eigenvalue weighted by Crippen LogP contribution is -2.18. The molecule has 2 aromatic rings. The first-order valence-electron chi connectivity index (χ1n) is 5.90. The summed E-state index contributed by atoms with van der Waals surface area (Å²) in [5.74, 6) is 0.937. The van der Waals surface area contributed by atoms with Gasteiger partial charge in [0.25, 0.3) is 5.95 Å². The molecule has 2 heterocycles. The molecule has 9 nitrogen and oxygen atoms in total. The van der Waals surface area contributed by atoms with Gasteiger partial charge in [0.05, 0.1) is 0 Å². The zero-order valence-electron chi connectivity index (χ0n) is 11.0. The third kappa shape index (κ3) is 3.85. The van der Waals surface area contributed by atoms with E-state index < -0.39 is 0 Å². The first-order chi connectivity index (χ1) is 9.15. The van der Waals surface area contributed by atoms with Gasteiger partial charge in [0, 0.05) is 6.54 Å². The molecule has 0 saturated carbocycles. The van der Waals surface area contributed by atoms with Gasteiger partial charge < -0.3 is 16.0 Å². The fourth-order valence-corrected chi connectivity index (χ4v) is 1.47. The van der Waals surface area contributed by atoms with Crippen molar-refractivity contribution in [2.45, 2.75) is 6.42 Å². The van der Waals surface area contributed by atoms with Gasteiger partial charge in [-0.25, -0.2) is 4.98 Å². The highest BCUT2D eigenvalue weighted by atomic mass is 15.4. The molecule has 0 fully saturated rings. The second-order valence-corrected chi connectivity index (χ2v) is 4.24. The van der Waals surface area contributed by atoms with E-state index in [0.29, 0.717) is 11.9 Å². The Kier molecular flexibility index (Phi) is 4.18. The quantitative estimate of drug-likeness (QED) is 0.664. The Labute approximate surface area is 110 Å². The monoisotopic (exact) mass is 263 g/mol. The minimum absolute atomic E-state index is 0.149. The number of nitrogens with zero attached hydrogens (tertiary/aromatic N) is 7. The molecule has 0 amide bonds. The van der Waals surface area contributed by atoms with E-state index in [1.807, 2.05) is 14.1 Å². The molecule has 0 radical (unpaired) electrons. The highest BCUT2D eigenvalue weighted by Crippen LogP contribution is 2.05. The van der Waals surface area contributed by atoms with Crippen LogP contribution < -0.4 is 11.1 Å². The van der Waals surface area contributed by atoms with Gasteiger partial charge in [0.15, 0.2) is 0 Å². The Morgan fingerprint density at radius 3 is 2.84 bits per heavy atom. The SMILES string of the molecule is CN(C)CCCNc1nc(N)nc(-n2cncn2)n1. The van der Waals surface area contributed by atoms with Crippen LogP contribution in [-0.4, -0.2) is 61.8 Å². The predicted octanol–water partition coefficient (Wildman–Crippen LogP) is -0.602. The number of rotatable bonds is 6. The summed E-state index contributed by atoms with van der Waals surface area (Å²) in [6.07, 6.45) is 3.89. The average molecular weight is 263 g/mol. The third-order valence-corrected chi connectivity index (χ3v) is 2.33. The normalized spacial score (nSPS) is 10.9. The molecule has 19 heavy (non-hydrogen) atoms. The Hall–Kier alpha value is -2.29. The van der Waals surface area contributed by atoms with Gasteiger partial charge in [-0.3, -0.25) is 0 Å². The summed E-state index contributed by atoms with van der Waals surface area (Å²) < 4.78 is 1.43. The number of nitrogens with one attached hydrogen (secondary N) is 1. The van der Waals surface area contributed by atoms with Crippen molar-refractivity contribution in [2.24, 2.45) is 0 Å². The molecule has 9 heteroatoms. The molecule has 0 aliphatic heterocycles. The highest BCUT2D eigenvalue weighted by Gasteiger charge is 2.06. The van der Waals surface area contributed by atoms with Crippen LogP contribution in [0.4, 0.5) is 11.9 Å². The zero-order chi connectivity index (χ0) is 13.7. The molecule has 0 spiro atoms. The average Bonchev–Trinajstić information content (AvgIpc) is 2.87. The summed E-state index contributed by atoms with van der Waals surface area (Å²) in [6.45, 7) is 1.75. The number of hydrogen-bond donors (Lipinski definition) is 2. The van der Waals surface area contributed by atoms with Crippen LogP contribution in [0.15, 0.2) is 12.7 Å². The van der Waals surface area contributed by atoms with E-state index in [0.717, 1.165) is 19.5 Å². The van der Waals surface area contributed by atoms with Crippen molar-refractivity contribution in [3.8, 4) is 5.95 Å². The molecular formula is C10H17N9. The van der Waals surface area contributed by atoms with Crippen molar-refractivity contribution in [1.82, 2.24) is 34.6 Å². The molecular weight excluding hydrogens is 246 g/mol. The Morgan fingerprint density at radius 1 is 1.32 bits per heavy atom. The van der Waals surface area contributed by atoms with Crippen molar-refractivity contribution in [1.29, 1.82) is 0 Å². The minimum Gasteiger partial charge on any atom is -0.368 e. The lowest BCUT2D eigenvalue weighted by Gasteiger charge is -2.10. The fraction of sp³-hybridized carbons (Fsp3) is 0.500. The van der Waals surface area contributed by atoms with E-state index in [2.05, 4.69) is 35.3 Å². The maximum Gasteiger partial charge on any atom is 0.258 e. The molecule has 2 aromatic heterocycles. The van der Waals surface area contributed by atoms with Crippen LogP contribution in [0.5, 0.6) is 0 Å². The van der Waals surface area contributed by atoms with Crippen LogP contribution >= 0.6 is 0 Å². The van der Waals surface area contributed by atoms with E-state index in [9.17, 15) is 0 Å². The molecule has 0 saturated heterocycles. The van der Waals surface area contributed by atoms with Crippen molar-refractivity contribution in [2.75, 3.05) is 38.2 Å². The number of aromatic nitrogens is 6. The number of nitrogen functional groups attached to an aromatic ring is 1. The maximum atomic E-state index is 5.65. The molecule has 0 bridgehead atoms. The van der Waals surface area contributed by atoms with Crippen LogP contribution in [-0.2, 0) is 0 Å². The highest BCUT2D eigenvalue weighted by molar-refractivity contribution is 5.34. The van der Waals surface area contributed by atoms with Gasteiger partial charge in [0.2, 0.25) is 11.9 Å². The number of hydrogen-bond acceptors (Lipinski definition) is 8. The second kappa shape index (κ2) is 6.05. The van der Waals surface area contributed by atoms with Crippen molar-refractivity contribution in [3.05, 3.63) is 12.7 Å². The minimum atomic E-state index is 0.149. The molecule has 2 rings (SSSR count). The molecule has 0 unspecified atom stereocenters. The fourth-order valence-electron chi connectivity index (χ4n) is 1.47. The Bertz CT molecular complexity index is 508. The topological polar surface area (TPSA) is 111 Å². The predicted molar refractivity (Wildman–Crippen MR) is 70.8 cm³/mol. The van der Waals surface area contributed by atoms with Crippen molar-refractivity contribution >= 4 is 11.9 Å². The first kappa shape index (κ1) is 13.1. The summed E-state index contributed by atoms with van der Waals surface area (Å²) in [4.78, 5) is 18.2. The van der Waals surface area contributed by atoms with Crippen molar-refractivity contribution in [3.63, 3.8) is 0 Å². The van der Waals surface area contributed by atoms with E-state index in [1.54, 1.807) is 0 Å². The van der Waals surface area contributed by atoms with E-state index >= 15 is 0 Å². The largest absolute Gasteiger partial charge is 0.368 e. The lowest BCUT2D eigenvalue weighted by molar-refractivity contribution is 0.405. The van der Waals surface area contributed by atoms with E-state index in [1.165, 1.54) is 17.3 Å². The maximum absolute atomic E-state index is 5.65.